The maximum Gasteiger partial charge on any atom is 0.312 e. The lowest BCUT2D eigenvalue weighted by molar-refractivity contribution is 0.215. The first-order chi connectivity index (χ1) is 14.1. The summed E-state index contributed by atoms with van der Waals surface area (Å²) in [6.07, 6.45) is 2.05. The molecule has 3 aromatic rings. The molecule has 8 nitrogen and oxygen atoms in total. The number of nitrogens with two attached hydrogens (primary N) is 1. The lowest BCUT2D eigenvalue weighted by Crippen LogP contribution is -2.43. The van der Waals surface area contributed by atoms with Gasteiger partial charge in [0.2, 0.25) is 5.95 Å². The summed E-state index contributed by atoms with van der Waals surface area (Å²) in [5.41, 5.74) is 7.20. The number of para-hydroxylation sites is 2. The largest absolute Gasteiger partial charge is 0.464 e. The number of anilines is 1. The van der Waals surface area contributed by atoms with Crippen LogP contribution in [0.1, 0.15) is 24.4 Å². The number of primary amides is 1. The van der Waals surface area contributed by atoms with Crippen molar-refractivity contribution in [2.45, 2.75) is 32.4 Å². The minimum Gasteiger partial charge on any atom is -0.464 e. The number of aromatic nitrogens is 2. The van der Waals surface area contributed by atoms with Crippen molar-refractivity contribution in [3.63, 3.8) is 0 Å². The molecule has 0 unspecified atom stereocenters. The van der Waals surface area contributed by atoms with Gasteiger partial charge in [0.1, 0.15) is 11.5 Å². The Kier molecular flexibility index (Phi) is 5.71. The van der Waals surface area contributed by atoms with Gasteiger partial charge in [-0.05, 0) is 44.0 Å². The van der Waals surface area contributed by atoms with E-state index in [2.05, 4.69) is 26.2 Å². The average molecular weight is 396 g/mol. The highest BCUT2D eigenvalue weighted by Gasteiger charge is 2.21. The normalized spacial score (nSPS) is 15.6. The number of rotatable bonds is 7. The number of urea groups is 1. The highest BCUT2D eigenvalue weighted by atomic mass is 16.3. The molecule has 154 valence electrons. The average Bonchev–Trinajstić information content (AvgIpc) is 3.27. The van der Waals surface area contributed by atoms with E-state index < -0.39 is 6.03 Å². The van der Waals surface area contributed by atoms with Crippen LogP contribution in [-0.2, 0) is 6.54 Å². The zero-order chi connectivity index (χ0) is 20.2. The smallest absolute Gasteiger partial charge is 0.312 e. The number of hydrogen-bond acceptors (Lipinski definition) is 5. The van der Waals surface area contributed by atoms with E-state index in [-0.39, 0.29) is 0 Å². The first-order valence-corrected chi connectivity index (χ1v) is 10.1. The minimum atomic E-state index is -0.466. The van der Waals surface area contributed by atoms with Crippen molar-refractivity contribution >= 4 is 23.0 Å². The summed E-state index contributed by atoms with van der Waals surface area (Å²) in [7, 11) is 0. The van der Waals surface area contributed by atoms with Crippen LogP contribution in [0.2, 0.25) is 0 Å². The van der Waals surface area contributed by atoms with Gasteiger partial charge in [-0.1, -0.05) is 12.1 Å². The van der Waals surface area contributed by atoms with Gasteiger partial charge < -0.3 is 30.3 Å². The second kappa shape index (κ2) is 8.57. The van der Waals surface area contributed by atoms with Gasteiger partial charge in [0.25, 0.3) is 0 Å². The third-order valence-electron chi connectivity index (χ3n) is 5.41. The molecule has 1 fully saturated rings. The summed E-state index contributed by atoms with van der Waals surface area (Å²) >= 11 is 0. The van der Waals surface area contributed by atoms with Gasteiger partial charge in [-0.25, -0.2) is 9.78 Å². The Hall–Kier alpha value is -3.00. The maximum atomic E-state index is 10.8. The van der Waals surface area contributed by atoms with E-state index >= 15 is 0 Å². The third kappa shape index (κ3) is 4.71. The number of carbonyl (C=O) groups is 1. The molecule has 1 saturated heterocycles. The SMILES string of the molecule is Cc1ccc(Cn2c(NC3CCN(CCNC(N)=O)CC3)nc3ccccc32)o1. The van der Waals surface area contributed by atoms with Crippen molar-refractivity contribution in [3.05, 3.63) is 47.9 Å². The fourth-order valence-electron chi connectivity index (χ4n) is 3.89. The molecule has 3 heterocycles. The quantitative estimate of drug-likeness (QED) is 0.570. The number of nitrogens with zero attached hydrogens (tertiary/aromatic N) is 3. The molecular weight excluding hydrogens is 368 g/mol. The number of furan rings is 1. The monoisotopic (exact) mass is 396 g/mol. The van der Waals surface area contributed by atoms with Crippen molar-refractivity contribution in [2.75, 3.05) is 31.5 Å². The molecule has 0 aliphatic carbocycles. The van der Waals surface area contributed by atoms with Gasteiger partial charge in [0.05, 0.1) is 17.6 Å². The highest BCUT2D eigenvalue weighted by molar-refractivity contribution is 5.78. The van der Waals surface area contributed by atoms with Crippen molar-refractivity contribution in [2.24, 2.45) is 5.73 Å². The fraction of sp³-hybridized carbons (Fsp3) is 0.429. The number of carbonyl (C=O) groups excluding carboxylic acids is 1. The zero-order valence-corrected chi connectivity index (χ0v) is 16.7. The molecule has 2 aromatic heterocycles. The number of amides is 2. The zero-order valence-electron chi connectivity index (χ0n) is 16.7. The Morgan fingerprint density at radius 2 is 2.03 bits per heavy atom. The standard InChI is InChI=1S/C21H28N6O2/c1-15-6-7-17(29-15)14-27-19-5-3-2-4-18(19)25-21(27)24-16-8-11-26(12-9-16)13-10-23-20(22)28/h2-7,16H,8-14H2,1H3,(H,24,25)(H3,22,23,28). The Labute approximate surface area is 170 Å². The molecule has 1 aliphatic rings. The van der Waals surface area contributed by atoms with Gasteiger partial charge in [-0.2, -0.15) is 0 Å². The Morgan fingerprint density at radius 3 is 2.76 bits per heavy atom. The summed E-state index contributed by atoms with van der Waals surface area (Å²) < 4.78 is 7.99. The van der Waals surface area contributed by atoms with E-state index in [1.165, 1.54) is 0 Å². The molecule has 0 bridgehead atoms. The van der Waals surface area contributed by atoms with Crippen LogP contribution in [0.4, 0.5) is 10.7 Å². The molecule has 0 radical (unpaired) electrons. The summed E-state index contributed by atoms with van der Waals surface area (Å²) in [6.45, 7) is 5.99. The van der Waals surface area contributed by atoms with Gasteiger partial charge in [0.15, 0.2) is 0 Å². The van der Waals surface area contributed by atoms with Crippen LogP contribution >= 0.6 is 0 Å². The third-order valence-corrected chi connectivity index (χ3v) is 5.41. The summed E-state index contributed by atoms with van der Waals surface area (Å²) in [6, 6.07) is 12.1. The Balaban J connectivity index is 1.43. The predicted octanol–water partition coefficient (Wildman–Crippen LogP) is 2.53. The predicted molar refractivity (Wildman–Crippen MR) is 113 cm³/mol. The lowest BCUT2D eigenvalue weighted by atomic mass is 10.1. The second-order valence-corrected chi connectivity index (χ2v) is 7.57. The molecular formula is C21H28N6O2. The molecule has 1 aliphatic heterocycles. The number of imidazole rings is 1. The highest BCUT2D eigenvalue weighted by Crippen LogP contribution is 2.24. The van der Waals surface area contributed by atoms with Crippen LogP contribution in [0.25, 0.3) is 11.0 Å². The van der Waals surface area contributed by atoms with E-state index in [4.69, 9.17) is 15.1 Å². The molecule has 4 rings (SSSR count). The Morgan fingerprint density at radius 1 is 1.24 bits per heavy atom. The molecule has 4 N–H and O–H groups in total. The number of aryl methyl sites for hydroxylation is 1. The Bertz CT molecular complexity index is 971. The molecule has 8 heteroatoms. The molecule has 0 saturated carbocycles. The van der Waals surface area contributed by atoms with Gasteiger partial charge in [-0.15, -0.1) is 0 Å². The molecule has 0 atom stereocenters. The van der Waals surface area contributed by atoms with E-state index in [0.29, 0.717) is 19.1 Å². The van der Waals surface area contributed by atoms with E-state index in [9.17, 15) is 4.79 Å². The van der Waals surface area contributed by atoms with Crippen LogP contribution in [-0.4, -0.2) is 52.7 Å². The second-order valence-electron chi connectivity index (χ2n) is 7.57. The number of piperidine rings is 1. The first kappa shape index (κ1) is 19.3. The van der Waals surface area contributed by atoms with Crippen molar-refractivity contribution in [3.8, 4) is 0 Å². The molecule has 1 aromatic carbocycles. The van der Waals surface area contributed by atoms with Crippen LogP contribution in [0.15, 0.2) is 40.8 Å². The number of hydrogen-bond donors (Lipinski definition) is 3. The van der Waals surface area contributed by atoms with Gasteiger partial charge >= 0.3 is 6.03 Å². The van der Waals surface area contributed by atoms with Crippen LogP contribution in [0.3, 0.4) is 0 Å². The van der Waals surface area contributed by atoms with Crippen molar-refractivity contribution < 1.29 is 9.21 Å². The molecule has 29 heavy (non-hydrogen) atoms. The van der Waals surface area contributed by atoms with Crippen molar-refractivity contribution in [1.29, 1.82) is 0 Å². The summed E-state index contributed by atoms with van der Waals surface area (Å²) in [5.74, 6) is 2.72. The van der Waals surface area contributed by atoms with Crippen LogP contribution < -0.4 is 16.4 Å². The lowest BCUT2D eigenvalue weighted by Gasteiger charge is -2.32. The number of likely N-dealkylation sites (tertiary alicyclic amines) is 1. The molecule has 2 amide bonds. The topological polar surface area (TPSA) is 101 Å². The van der Waals surface area contributed by atoms with E-state index in [1.807, 2.05) is 37.3 Å². The van der Waals surface area contributed by atoms with Crippen LogP contribution in [0, 0.1) is 6.92 Å². The minimum absolute atomic E-state index is 0.365. The number of fused-ring (bicyclic) bond motifs is 1. The number of benzene rings is 1. The van der Waals surface area contributed by atoms with E-state index in [1.54, 1.807) is 0 Å². The van der Waals surface area contributed by atoms with Crippen LogP contribution in [0.5, 0.6) is 0 Å². The summed E-state index contributed by atoms with van der Waals surface area (Å²) in [5, 5.41) is 6.31. The van der Waals surface area contributed by atoms with E-state index in [0.717, 1.165) is 61.0 Å². The maximum absolute atomic E-state index is 10.8. The molecule has 0 spiro atoms. The summed E-state index contributed by atoms with van der Waals surface area (Å²) in [4.78, 5) is 18.0. The van der Waals surface area contributed by atoms with Gasteiger partial charge in [-0.3, -0.25) is 0 Å². The van der Waals surface area contributed by atoms with Gasteiger partial charge in [0, 0.05) is 32.2 Å². The first-order valence-electron chi connectivity index (χ1n) is 10.1. The fourth-order valence-corrected chi connectivity index (χ4v) is 3.89. The number of nitrogens with one attached hydrogen (secondary N) is 2. The van der Waals surface area contributed by atoms with Crippen molar-refractivity contribution in [1.82, 2.24) is 19.8 Å².